The van der Waals surface area contributed by atoms with E-state index in [1.807, 2.05) is 159 Å². The minimum Gasteiger partial charge on any atom is -0.495 e. The fourth-order valence-electron chi connectivity index (χ4n) is 7.75. The van der Waals surface area contributed by atoms with Gasteiger partial charge in [-0.1, -0.05) is 60.7 Å². The van der Waals surface area contributed by atoms with E-state index >= 15 is 0 Å². The molecular formula is C49H68N4O8. The van der Waals surface area contributed by atoms with Crippen molar-refractivity contribution in [3.8, 4) is 23.0 Å². The summed E-state index contributed by atoms with van der Waals surface area (Å²) in [6, 6.07) is 27.1. The van der Waals surface area contributed by atoms with E-state index in [1.165, 1.54) is 5.56 Å². The molecule has 6 rings (SSSR count). The lowest BCUT2D eigenvalue weighted by atomic mass is 9.85. The van der Waals surface area contributed by atoms with Gasteiger partial charge in [0.1, 0.15) is 52.0 Å². The maximum absolute atomic E-state index is 13.5. The number of hydrogen-bond donors (Lipinski definition) is 3. The number of aliphatic hydroxyl groups excluding tert-OH is 2. The molecule has 2 aliphatic heterocycles. The normalized spacial score (nSPS) is 19.7. The number of anilines is 2. The standard InChI is InChI=1S/C27H38N2O5.C22H30N2O3/c1-26(2,3)34-25(31)29(15-14-18-12-10-9-11-13-18)23-19-16-22(32-8)20(28(6)7)17-21(19)33-27(4,5)24(23)30;1-22(2)21(25)20(23-12-11-15-9-7-6-8-10-15)16-13-19(26-5)17(24(3)4)14-18(16)27-22/h9-13,16-17,23-24,30H,14-15H2,1-8H3;6-10,13-14,20-21,23,25H,11-12H2,1-5H3/t23-,24+;20-,21+/m00/s1. The first kappa shape index (κ1) is 46.9. The predicted molar refractivity (Wildman–Crippen MR) is 243 cm³/mol. The lowest BCUT2D eigenvalue weighted by molar-refractivity contribution is -0.0938. The molecule has 12 heteroatoms. The van der Waals surface area contributed by atoms with Crippen LogP contribution in [0.3, 0.4) is 0 Å². The maximum atomic E-state index is 13.5. The smallest absolute Gasteiger partial charge is 0.410 e. The van der Waals surface area contributed by atoms with Gasteiger partial charge in [-0.25, -0.2) is 4.79 Å². The number of hydrogen-bond acceptors (Lipinski definition) is 11. The number of fused-ring (bicyclic) bond motifs is 2. The van der Waals surface area contributed by atoms with E-state index in [2.05, 4.69) is 17.4 Å². The number of rotatable bonds is 12. The Morgan fingerprint density at radius 2 is 1.16 bits per heavy atom. The molecule has 2 heterocycles. The molecule has 0 spiro atoms. The number of amides is 1. The van der Waals surface area contributed by atoms with E-state index < -0.39 is 41.1 Å². The summed E-state index contributed by atoms with van der Waals surface area (Å²) in [6.07, 6.45) is -0.624. The van der Waals surface area contributed by atoms with Crippen LogP contribution < -0.4 is 34.1 Å². The second-order valence-corrected chi connectivity index (χ2v) is 18.2. The number of aliphatic hydroxyl groups is 2. The number of carbonyl (C=O) groups excluding carboxylic acids is 1. The molecule has 0 aliphatic carbocycles. The SMILES string of the molecule is COc1cc2c(cc1N(C)C)OC(C)(C)[C@H](O)[C@H]2N(CCc1ccccc1)C(=O)OC(C)(C)C.COc1cc2c(cc1N(C)C)OC(C)(C)[C@H](O)[C@H]2NCCc1ccccc1. The Balaban J connectivity index is 0.000000237. The molecule has 0 aromatic heterocycles. The van der Waals surface area contributed by atoms with Crippen LogP contribution >= 0.6 is 0 Å². The summed E-state index contributed by atoms with van der Waals surface area (Å²) in [7, 11) is 11.1. The summed E-state index contributed by atoms with van der Waals surface area (Å²) in [5.74, 6) is 2.80. The average Bonchev–Trinajstić information content (AvgIpc) is 3.20. The fourth-order valence-corrected chi connectivity index (χ4v) is 7.75. The Kier molecular flexibility index (Phi) is 14.8. The zero-order chi connectivity index (χ0) is 44.9. The lowest BCUT2D eigenvalue weighted by Crippen LogP contribution is -2.55. The third-order valence-electron chi connectivity index (χ3n) is 11.1. The number of ether oxygens (including phenoxy) is 5. The molecular weight excluding hydrogens is 773 g/mol. The molecule has 2 aliphatic rings. The topological polar surface area (TPSA) is 125 Å². The van der Waals surface area contributed by atoms with Gasteiger partial charge in [-0.15, -0.1) is 0 Å². The first-order valence-electron chi connectivity index (χ1n) is 21.0. The van der Waals surface area contributed by atoms with Crippen LogP contribution in [0, 0.1) is 0 Å². The van der Waals surface area contributed by atoms with Crippen LogP contribution in [-0.4, -0.2) is 106 Å². The van der Waals surface area contributed by atoms with Crippen LogP contribution in [0.25, 0.3) is 0 Å². The van der Waals surface area contributed by atoms with Gasteiger partial charge in [-0.05, 0) is 91.1 Å². The second-order valence-electron chi connectivity index (χ2n) is 18.2. The molecule has 0 radical (unpaired) electrons. The quantitative estimate of drug-likeness (QED) is 0.129. The van der Waals surface area contributed by atoms with E-state index in [0.717, 1.165) is 47.0 Å². The number of nitrogens with zero attached hydrogens (tertiary/aromatic N) is 3. The minimum atomic E-state index is -0.988. The van der Waals surface area contributed by atoms with Crippen molar-refractivity contribution in [2.75, 3.05) is 65.3 Å². The van der Waals surface area contributed by atoms with E-state index in [-0.39, 0.29) is 6.04 Å². The number of carbonyl (C=O) groups is 1. The third kappa shape index (κ3) is 11.2. The van der Waals surface area contributed by atoms with Crippen molar-refractivity contribution in [2.24, 2.45) is 0 Å². The van der Waals surface area contributed by atoms with Crippen molar-refractivity contribution >= 4 is 17.5 Å². The molecule has 1 amide bonds. The van der Waals surface area contributed by atoms with E-state index in [0.29, 0.717) is 30.0 Å². The van der Waals surface area contributed by atoms with Crippen molar-refractivity contribution < 1.29 is 38.7 Å². The molecule has 332 valence electrons. The largest absolute Gasteiger partial charge is 0.495 e. The van der Waals surface area contributed by atoms with Gasteiger partial charge in [0.05, 0.1) is 37.7 Å². The number of benzene rings is 4. The van der Waals surface area contributed by atoms with Gasteiger partial charge in [-0.2, -0.15) is 0 Å². The van der Waals surface area contributed by atoms with Crippen LogP contribution in [-0.2, 0) is 17.6 Å². The predicted octanol–water partition coefficient (Wildman–Crippen LogP) is 7.98. The summed E-state index contributed by atoms with van der Waals surface area (Å²) in [5, 5.41) is 26.0. The highest BCUT2D eigenvalue weighted by molar-refractivity contribution is 5.71. The molecule has 0 fully saturated rings. The van der Waals surface area contributed by atoms with Crippen molar-refractivity contribution in [1.82, 2.24) is 10.2 Å². The maximum Gasteiger partial charge on any atom is 0.410 e. The van der Waals surface area contributed by atoms with Crippen molar-refractivity contribution in [2.45, 2.75) is 102 Å². The Bertz CT molecular complexity index is 2070. The summed E-state index contributed by atoms with van der Waals surface area (Å²) in [4.78, 5) is 19.1. The van der Waals surface area contributed by atoms with Crippen LogP contribution in [0.4, 0.5) is 16.2 Å². The molecule has 0 saturated heterocycles. The molecule has 4 atom stereocenters. The zero-order valence-electron chi connectivity index (χ0n) is 38.4. The molecule has 61 heavy (non-hydrogen) atoms. The zero-order valence-corrected chi connectivity index (χ0v) is 38.4. The Labute approximate surface area is 363 Å². The average molecular weight is 841 g/mol. The molecule has 0 unspecified atom stereocenters. The Morgan fingerprint density at radius 3 is 1.64 bits per heavy atom. The van der Waals surface area contributed by atoms with Crippen LogP contribution in [0.5, 0.6) is 23.0 Å². The van der Waals surface area contributed by atoms with Gasteiger partial charge >= 0.3 is 6.09 Å². The summed E-state index contributed by atoms with van der Waals surface area (Å²) in [6.45, 7) is 14.2. The monoisotopic (exact) mass is 841 g/mol. The summed E-state index contributed by atoms with van der Waals surface area (Å²) < 4.78 is 29.4. The van der Waals surface area contributed by atoms with Crippen molar-refractivity contribution in [3.63, 3.8) is 0 Å². The highest BCUT2D eigenvalue weighted by Gasteiger charge is 2.48. The van der Waals surface area contributed by atoms with E-state index in [9.17, 15) is 15.0 Å². The molecule has 0 saturated carbocycles. The molecule has 0 bridgehead atoms. The van der Waals surface area contributed by atoms with Gasteiger partial charge in [0.2, 0.25) is 0 Å². The minimum absolute atomic E-state index is 0.224. The summed E-state index contributed by atoms with van der Waals surface area (Å²) in [5.41, 5.74) is 3.49. The van der Waals surface area contributed by atoms with Crippen molar-refractivity contribution in [1.29, 1.82) is 0 Å². The van der Waals surface area contributed by atoms with Crippen molar-refractivity contribution in [3.05, 3.63) is 107 Å². The van der Waals surface area contributed by atoms with Crippen LogP contribution in [0.2, 0.25) is 0 Å². The van der Waals surface area contributed by atoms with Crippen LogP contribution in [0.15, 0.2) is 84.9 Å². The summed E-state index contributed by atoms with van der Waals surface area (Å²) >= 11 is 0. The number of nitrogens with one attached hydrogen (secondary N) is 1. The van der Waals surface area contributed by atoms with E-state index in [1.54, 1.807) is 19.1 Å². The van der Waals surface area contributed by atoms with E-state index in [4.69, 9.17) is 23.7 Å². The fraction of sp³-hybridized carbons (Fsp3) is 0.490. The molecule has 12 nitrogen and oxygen atoms in total. The lowest BCUT2D eigenvalue weighted by Gasteiger charge is -2.46. The van der Waals surface area contributed by atoms with Gasteiger partial charge < -0.3 is 49.0 Å². The highest BCUT2D eigenvalue weighted by atomic mass is 16.6. The van der Waals surface area contributed by atoms with Gasteiger partial charge in [0, 0.05) is 58.0 Å². The van der Waals surface area contributed by atoms with Gasteiger partial charge in [-0.3, -0.25) is 4.90 Å². The van der Waals surface area contributed by atoms with Crippen LogP contribution in [0.1, 0.15) is 82.8 Å². The molecule has 4 aromatic rings. The van der Waals surface area contributed by atoms with Gasteiger partial charge in [0.25, 0.3) is 0 Å². The Morgan fingerprint density at radius 1 is 0.705 bits per heavy atom. The third-order valence-corrected chi connectivity index (χ3v) is 11.1. The first-order chi connectivity index (χ1) is 28.7. The molecule has 3 N–H and O–H groups in total. The second kappa shape index (κ2) is 19.3. The Hall–Kier alpha value is -5.17. The van der Waals surface area contributed by atoms with Gasteiger partial charge in [0.15, 0.2) is 0 Å². The first-order valence-corrected chi connectivity index (χ1v) is 21.0. The molecule has 4 aromatic carbocycles. The number of methoxy groups -OCH3 is 2. The highest BCUT2D eigenvalue weighted by Crippen LogP contribution is 2.48.